The third-order valence-corrected chi connectivity index (χ3v) is 6.52. The Balaban J connectivity index is 1.29. The molecule has 9 nitrogen and oxygen atoms in total. The second kappa shape index (κ2) is 10.1. The zero-order valence-corrected chi connectivity index (χ0v) is 21.1. The highest BCUT2D eigenvalue weighted by molar-refractivity contribution is 5.98. The Bertz CT molecular complexity index is 1470. The lowest BCUT2D eigenvalue weighted by Gasteiger charge is -2.23. The number of ether oxygens (including phenoxy) is 3. The Labute approximate surface area is 218 Å². The van der Waals surface area contributed by atoms with Crippen molar-refractivity contribution in [3.8, 4) is 23.1 Å². The minimum Gasteiger partial charge on any atom is -0.493 e. The van der Waals surface area contributed by atoms with E-state index in [0.717, 1.165) is 0 Å². The normalized spacial score (nSPS) is 14.4. The molecular formula is C28H27FN4O5. The predicted molar refractivity (Wildman–Crippen MR) is 140 cm³/mol. The summed E-state index contributed by atoms with van der Waals surface area (Å²) in [5.74, 6) is 1.81. The lowest BCUT2D eigenvalue weighted by atomic mass is 10.0. The van der Waals surface area contributed by atoms with E-state index in [1.807, 2.05) is 0 Å². The molecule has 1 atom stereocenters. The summed E-state index contributed by atoms with van der Waals surface area (Å²) in [6.07, 6.45) is -0.0476. The number of halogens is 1. The molecule has 1 aliphatic carbocycles. The van der Waals surface area contributed by atoms with Crippen LogP contribution in [0.4, 0.5) is 15.8 Å². The molecule has 1 heterocycles. The molecule has 3 N–H and O–H groups in total. The van der Waals surface area contributed by atoms with Gasteiger partial charge in [-0.3, -0.25) is 4.79 Å². The lowest BCUT2D eigenvalue weighted by Crippen LogP contribution is -2.39. The Morgan fingerprint density at radius 3 is 2.24 bits per heavy atom. The molecule has 0 radical (unpaired) electrons. The van der Waals surface area contributed by atoms with Gasteiger partial charge in [-0.15, -0.1) is 0 Å². The summed E-state index contributed by atoms with van der Waals surface area (Å²) in [6, 6.07) is 16.0. The Morgan fingerprint density at radius 2 is 1.61 bits per heavy atom. The molecule has 196 valence electrons. The van der Waals surface area contributed by atoms with Gasteiger partial charge < -0.3 is 30.0 Å². The number of aliphatic hydroxyl groups excluding tert-OH is 1. The summed E-state index contributed by atoms with van der Waals surface area (Å²) in [4.78, 5) is 21.9. The molecule has 4 aromatic rings. The number of aromatic nitrogens is 2. The number of carbonyl (C=O) groups excluding carboxylic acids is 1. The van der Waals surface area contributed by atoms with Gasteiger partial charge in [-0.05, 0) is 74.4 Å². The number of rotatable bonds is 9. The van der Waals surface area contributed by atoms with Gasteiger partial charge in [0.1, 0.15) is 23.6 Å². The van der Waals surface area contributed by atoms with Crippen LogP contribution in [0.2, 0.25) is 0 Å². The number of methoxy groups -OCH3 is 2. The molecule has 0 spiro atoms. The topological polar surface area (TPSA) is 115 Å². The third kappa shape index (κ3) is 5.03. The van der Waals surface area contributed by atoms with Gasteiger partial charge in [-0.25, -0.2) is 9.37 Å². The molecular weight excluding hydrogens is 491 g/mol. The Kier molecular flexibility index (Phi) is 6.73. The van der Waals surface area contributed by atoms with E-state index in [9.17, 15) is 14.3 Å². The summed E-state index contributed by atoms with van der Waals surface area (Å²) in [5.41, 5.74) is 0.776. The van der Waals surface area contributed by atoms with Gasteiger partial charge in [0.05, 0.1) is 30.5 Å². The van der Waals surface area contributed by atoms with E-state index in [1.165, 1.54) is 24.3 Å². The molecule has 0 aliphatic heterocycles. The van der Waals surface area contributed by atoms with Gasteiger partial charge in [0.15, 0.2) is 11.5 Å². The molecule has 10 heteroatoms. The van der Waals surface area contributed by atoms with Crippen LogP contribution in [0, 0.1) is 18.2 Å². The second-order valence-corrected chi connectivity index (χ2v) is 9.09. The molecule has 3 aromatic carbocycles. The summed E-state index contributed by atoms with van der Waals surface area (Å²) in [6.45, 7) is 1.77. The average Bonchev–Trinajstić information content (AvgIpc) is 3.73. The van der Waals surface area contributed by atoms with Gasteiger partial charge in [0, 0.05) is 17.4 Å². The molecule has 1 amide bonds. The smallest absolute Gasteiger partial charge is 0.235 e. The molecule has 1 unspecified atom stereocenters. The number of benzene rings is 3. The maximum absolute atomic E-state index is 13.2. The molecule has 5 rings (SSSR count). The summed E-state index contributed by atoms with van der Waals surface area (Å²) < 4.78 is 30.0. The standard InChI is InChI=1S/C28H27FN4O5/c1-16-30-22-15-24(37-3)23(36-2)14-21(22)25(31-16)38-20-10-8-19(9-11-20)33-27(35)28(12-13-28)26(34)32-18-6-4-17(29)5-7-18/h4-11,14-15,26,32,34H,12-13H2,1-3H3,(H,33,35). The first kappa shape index (κ1) is 25.2. The van der Waals surface area contributed by atoms with E-state index in [2.05, 4.69) is 20.6 Å². The van der Waals surface area contributed by atoms with E-state index >= 15 is 0 Å². The number of aliphatic hydroxyl groups is 1. The number of nitrogens with zero attached hydrogens (tertiary/aromatic N) is 2. The van der Waals surface area contributed by atoms with Crippen LogP contribution in [-0.2, 0) is 4.79 Å². The van der Waals surface area contributed by atoms with Crippen LogP contribution in [0.5, 0.6) is 23.1 Å². The van der Waals surface area contributed by atoms with Gasteiger partial charge in [0.25, 0.3) is 0 Å². The SMILES string of the molecule is COc1cc2nc(C)nc(Oc3ccc(NC(=O)C4(C(O)Nc5ccc(F)cc5)CC4)cc3)c2cc1OC. The van der Waals surface area contributed by atoms with Crippen LogP contribution in [0.3, 0.4) is 0 Å². The van der Waals surface area contributed by atoms with Crippen molar-refractivity contribution in [3.05, 3.63) is 72.3 Å². The van der Waals surface area contributed by atoms with E-state index in [-0.39, 0.29) is 11.7 Å². The minimum atomic E-state index is -1.11. The first-order chi connectivity index (χ1) is 18.3. The van der Waals surface area contributed by atoms with Crippen molar-refractivity contribution in [2.24, 2.45) is 5.41 Å². The molecule has 0 saturated heterocycles. The number of nitrogens with one attached hydrogen (secondary N) is 2. The number of aryl methyl sites for hydroxylation is 1. The van der Waals surface area contributed by atoms with E-state index in [4.69, 9.17) is 14.2 Å². The van der Waals surface area contributed by atoms with Crippen LogP contribution >= 0.6 is 0 Å². The van der Waals surface area contributed by atoms with Crippen molar-refractivity contribution >= 4 is 28.2 Å². The number of anilines is 2. The van der Waals surface area contributed by atoms with Crippen LogP contribution in [-0.4, -0.2) is 41.4 Å². The molecule has 38 heavy (non-hydrogen) atoms. The van der Waals surface area contributed by atoms with E-state index in [0.29, 0.717) is 64.1 Å². The highest BCUT2D eigenvalue weighted by Crippen LogP contribution is 2.49. The number of fused-ring (bicyclic) bond motifs is 1. The van der Waals surface area contributed by atoms with Crippen molar-refractivity contribution in [1.82, 2.24) is 9.97 Å². The van der Waals surface area contributed by atoms with Crippen LogP contribution < -0.4 is 24.8 Å². The molecule has 1 fully saturated rings. The zero-order chi connectivity index (χ0) is 26.9. The zero-order valence-electron chi connectivity index (χ0n) is 21.1. The summed E-state index contributed by atoms with van der Waals surface area (Å²) in [7, 11) is 3.11. The van der Waals surface area contributed by atoms with Crippen molar-refractivity contribution in [3.63, 3.8) is 0 Å². The fourth-order valence-corrected chi connectivity index (χ4v) is 4.19. The van der Waals surface area contributed by atoms with E-state index in [1.54, 1.807) is 57.5 Å². The van der Waals surface area contributed by atoms with Gasteiger partial charge in [0.2, 0.25) is 11.8 Å². The van der Waals surface area contributed by atoms with E-state index < -0.39 is 11.6 Å². The lowest BCUT2D eigenvalue weighted by molar-refractivity contribution is -0.124. The quantitative estimate of drug-likeness (QED) is 0.264. The maximum Gasteiger partial charge on any atom is 0.235 e. The Hall–Kier alpha value is -4.44. The van der Waals surface area contributed by atoms with Crippen molar-refractivity contribution < 1.29 is 28.5 Å². The predicted octanol–water partition coefficient (Wildman–Crippen LogP) is 5.04. The highest BCUT2D eigenvalue weighted by atomic mass is 19.1. The number of hydrogen-bond donors (Lipinski definition) is 3. The van der Waals surface area contributed by atoms with Crippen molar-refractivity contribution in [2.75, 3.05) is 24.9 Å². The summed E-state index contributed by atoms with van der Waals surface area (Å²) >= 11 is 0. The first-order valence-corrected chi connectivity index (χ1v) is 12.0. The molecule has 1 aromatic heterocycles. The summed E-state index contributed by atoms with van der Waals surface area (Å²) in [5, 5.41) is 17.1. The minimum absolute atomic E-state index is 0.299. The number of carbonyl (C=O) groups is 1. The van der Waals surface area contributed by atoms with Crippen LogP contribution in [0.25, 0.3) is 10.9 Å². The third-order valence-electron chi connectivity index (χ3n) is 6.52. The largest absolute Gasteiger partial charge is 0.493 e. The van der Waals surface area contributed by atoms with Gasteiger partial charge in [-0.1, -0.05) is 0 Å². The molecule has 1 saturated carbocycles. The van der Waals surface area contributed by atoms with Crippen molar-refractivity contribution in [2.45, 2.75) is 26.0 Å². The monoisotopic (exact) mass is 518 g/mol. The fourth-order valence-electron chi connectivity index (χ4n) is 4.19. The average molecular weight is 519 g/mol. The maximum atomic E-state index is 13.2. The van der Waals surface area contributed by atoms with Crippen molar-refractivity contribution in [1.29, 1.82) is 0 Å². The highest BCUT2D eigenvalue weighted by Gasteiger charge is 2.55. The Morgan fingerprint density at radius 1 is 0.974 bits per heavy atom. The van der Waals surface area contributed by atoms with Gasteiger partial charge in [-0.2, -0.15) is 4.98 Å². The number of amides is 1. The fraction of sp³-hybridized carbons (Fsp3) is 0.250. The van der Waals surface area contributed by atoms with Crippen LogP contribution in [0.1, 0.15) is 18.7 Å². The van der Waals surface area contributed by atoms with Gasteiger partial charge >= 0.3 is 0 Å². The van der Waals surface area contributed by atoms with Crippen LogP contribution in [0.15, 0.2) is 60.7 Å². The first-order valence-electron chi connectivity index (χ1n) is 12.0. The molecule has 0 bridgehead atoms. The second-order valence-electron chi connectivity index (χ2n) is 9.09. The number of hydrogen-bond acceptors (Lipinski definition) is 8. The molecule has 1 aliphatic rings.